The minimum atomic E-state index is -0.826. The van der Waals surface area contributed by atoms with Gasteiger partial charge in [-0.15, -0.1) is 74.6 Å². The summed E-state index contributed by atoms with van der Waals surface area (Å²) < 4.78 is 0. The maximum atomic E-state index is 4.93. The second-order valence-electron chi connectivity index (χ2n) is 14.6. The number of fused-ring (bicyclic) bond motifs is 5. The van der Waals surface area contributed by atoms with Crippen molar-refractivity contribution >= 4 is 58.5 Å². The molecular formula is C52H49Cl2SiZr-3. The van der Waals surface area contributed by atoms with Gasteiger partial charge >= 0.3 is 37.9 Å². The summed E-state index contributed by atoms with van der Waals surface area (Å²) in [6, 6.07) is 54.0. The molecule has 0 fully saturated rings. The summed E-state index contributed by atoms with van der Waals surface area (Å²) in [7, 11) is 10.7. The van der Waals surface area contributed by atoms with E-state index in [4.69, 9.17) is 17.0 Å². The van der Waals surface area contributed by atoms with Gasteiger partial charge in [0.1, 0.15) is 0 Å². The fourth-order valence-corrected chi connectivity index (χ4v) is 9.23. The topological polar surface area (TPSA) is 0 Å². The first-order valence-electron chi connectivity index (χ1n) is 19.6. The standard InChI is InChI=1S/2C20H21.C12H7Si.2ClH.Zr/c2*1-4-7-16-12-17-11-10-15(3)20(19(17)13-16)18-9-6-5-8-14(18)2;1-3-7-11-9(5-1)10-6-2-4-8-12(10)13-11;;;/h2*5-6,8-13H,4,7H2,1-3H3;1-7H;2*1H;/q3*-1;;;+2/p-2. The van der Waals surface area contributed by atoms with Gasteiger partial charge in [-0.1, -0.05) is 132 Å². The second kappa shape index (κ2) is 20.1. The minimum absolute atomic E-state index is 0.795. The van der Waals surface area contributed by atoms with E-state index in [-0.39, 0.29) is 0 Å². The van der Waals surface area contributed by atoms with Crippen LogP contribution in [0.15, 0.2) is 140 Å². The monoisotopic (exact) mass is 861 g/mol. The Morgan fingerprint density at radius 2 is 0.982 bits per heavy atom. The summed E-state index contributed by atoms with van der Waals surface area (Å²) in [4.78, 5) is 0. The molecule has 1 aliphatic heterocycles. The van der Waals surface area contributed by atoms with E-state index in [0.717, 1.165) is 9.52 Å². The van der Waals surface area contributed by atoms with Gasteiger partial charge in [0, 0.05) is 0 Å². The first kappa shape index (κ1) is 41.8. The van der Waals surface area contributed by atoms with E-state index in [1.54, 1.807) is 0 Å². The largest absolute Gasteiger partial charge is 0.184 e. The maximum Gasteiger partial charge on any atom is 0.0920 e. The summed E-state index contributed by atoms with van der Waals surface area (Å²) >= 11 is -0.826. The molecule has 9 rings (SSSR count). The van der Waals surface area contributed by atoms with Crippen LogP contribution in [0.2, 0.25) is 0 Å². The van der Waals surface area contributed by atoms with E-state index >= 15 is 0 Å². The number of rotatable bonds is 6. The van der Waals surface area contributed by atoms with Crippen LogP contribution in [0.4, 0.5) is 0 Å². The Labute approximate surface area is 356 Å². The molecule has 282 valence electrons. The number of benzene rings is 6. The first-order chi connectivity index (χ1) is 27.3. The van der Waals surface area contributed by atoms with Crippen LogP contribution in [-0.2, 0) is 33.7 Å². The molecule has 0 N–H and O–H groups in total. The SMILES string of the molecule is CCCc1cc2c(-c3ccccc3C)c(C)ccc2[cH-]1.CCCc1cc2c(-c3ccccc3C)c(C)ccc2[cH-]1.[Cl][Zr][Cl].[c-]1cccc2c1[Si]c1ccccc1-2. The van der Waals surface area contributed by atoms with Gasteiger partial charge in [0.25, 0.3) is 0 Å². The van der Waals surface area contributed by atoms with Crippen molar-refractivity contribution in [3.8, 4) is 33.4 Å². The van der Waals surface area contributed by atoms with E-state index in [9.17, 15) is 0 Å². The summed E-state index contributed by atoms with van der Waals surface area (Å²) in [6.07, 6.45) is 4.74. The van der Waals surface area contributed by atoms with Crippen molar-refractivity contribution in [3.63, 3.8) is 0 Å². The predicted molar refractivity (Wildman–Crippen MR) is 244 cm³/mol. The second-order valence-corrected chi connectivity index (χ2v) is 19.6. The molecule has 0 bridgehead atoms. The Morgan fingerprint density at radius 3 is 1.46 bits per heavy atom. The summed E-state index contributed by atoms with van der Waals surface area (Å²) in [5, 5.41) is 8.38. The molecular weight excluding hydrogens is 815 g/mol. The molecule has 0 amide bonds. The number of halogens is 2. The summed E-state index contributed by atoms with van der Waals surface area (Å²) in [5.41, 5.74) is 16.7. The molecule has 0 aromatic heterocycles. The number of hydrogen-bond donors (Lipinski definition) is 0. The van der Waals surface area contributed by atoms with Crippen LogP contribution in [0.25, 0.3) is 54.9 Å². The third kappa shape index (κ3) is 9.66. The van der Waals surface area contributed by atoms with Crippen molar-refractivity contribution in [2.24, 2.45) is 0 Å². The van der Waals surface area contributed by atoms with Crippen LogP contribution in [-0.4, -0.2) is 9.52 Å². The molecule has 0 spiro atoms. The molecule has 0 atom stereocenters. The fourth-order valence-electron chi connectivity index (χ4n) is 7.92. The van der Waals surface area contributed by atoms with E-state index in [1.165, 1.54) is 124 Å². The average molecular weight is 864 g/mol. The maximum absolute atomic E-state index is 4.93. The van der Waals surface area contributed by atoms with Crippen LogP contribution in [0, 0.1) is 33.8 Å². The van der Waals surface area contributed by atoms with Crippen molar-refractivity contribution < 1.29 is 20.8 Å². The predicted octanol–water partition coefficient (Wildman–Crippen LogP) is 14.1. The third-order valence-electron chi connectivity index (χ3n) is 10.6. The Balaban J connectivity index is 0.000000140. The average Bonchev–Trinajstić information content (AvgIpc) is 3.92. The van der Waals surface area contributed by atoms with Crippen molar-refractivity contribution in [2.75, 3.05) is 0 Å². The van der Waals surface area contributed by atoms with Gasteiger partial charge in [-0.05, 0) is 62.8 Å². The summed E-state index contributed by atoms with van der Waals surface area (Å²) in [6.45, 7) is 13.3. The van der Waals surface area contributed by atoms with Crippen LogP contribution in [0.5, 0.6) is 0 Å². The molecule has 0 nitrogen and oxygen atoms in total. The Hall–Kier alpha value is -3.78. The van der Waals surface area contributed by atoms with Crippen LogP contribution >= 0.6 is 17.0 Å². The van der Waals surface area contributed by atoms with Gasteiger partial charge in [0.05, 0.1) is 9.52 Å². The number of hydrogen-bond acceptors (Lipinski definition) is 0. The van der Waals surface area contributed by atoms with Crippen LogP contribution < -0.4 is 10.4 Å². The Bertz CT molecular complexity index is 2360. The van der Waals surface area contributed by atoms with Crippen molar-refractivity contribution in [1.82, 2.24) is 0 Å². The molecule has 8 aromatic rings. The third-order valence-corrected chi connectivity index (χ3v) is 11.9. The smallest absolute Gasteiger partial charge is 0.0920 e. The van der Waals surface area contributed by atoms with E-state index in [2.05, 4.69) is 181 Å². The van der Waals surface area contributed by atoms with Gasteiger partial charge in [-0.3, -0.25) is 0 Å². The quantitative estimate of drug-likeness (QED) is 0.115. The summed E-state index contributed by atoms with van der Waals surface area (Å²) in [5.74, 6) is 0. The Kier molecular flexibility index (Phi) is 15.0. The zero-order valence-electron chi connectivity index (χ0n) is 33.4. The molecule has 0 saturated heterocycles. The van der Waals surface area contributed by atoms with Crippen LogP contribution in [0.1, 0.15) is 60.1 Å². The molecule has 56 heavy (non-hydrogen) atoms. The Morgan fingerprint density at radius 1 is 0.536 bits per heavy atom. The van der Waals surface area contributed by atoms with E-state index in [1.807, 2.05) is 6.07 Å². The van der Waals surface area contributed by atoms with Gasteiger partial charge < -0.3 is 0 Å². The van der Waals surface area contributed by atoms with Gasteiger partial charge in [0.15, 0.2) is 0 Å². The molecule has 0 unspecified atom stereocenters. The normalized spacial score (nSPS) is 11.1. The van der Waals surface area contributed by atoms with E-state index < -0.39 is 20.8 Å². The minimum Gasteiger partial charge on any atom is -0.184 e. The van der Waals surface area contributed by atoms with Gasteiger partial charge in [-0.2, -0.15) is 41.6 Å². The fraction of sp³-hybridized carbons (Fsp3) is 0.192. The van der Waals surface area contributed by atoms with E-state index in [0.29, 0.717) is 0 Å². The molecule has 2 radical (unpaired) electrons. The molecule has 4 heteroatoms. The molecule has 0 aliphatic carbocycles. The molecule has 1 aliphatic rings. The van der Waals surface area contributed by atoms with Gasteiger partial charge in [0.2, 0.25) is 0 Å². The van der Waals surface area contributed by atoms with Crippen LogP contribution in [0.3, 0.4) is 0 Å². The number of aryl methyl sites for hydroxylation is 6. The zero-order valence-corrected chi connectivity index (χ0v) is 38.3. The molecule has 8 aromatic carbocycles. The first-order valence-corrected chi connectivity index (χ1v) is 26.9. The molecule has 0 saturated carbocycles. The van der Waals surface area contributed by atoms with Crippen molar-refractivity contribution in [3.05, 3.63) is 179 Å². The van der Waals surface area contributed by atoms with Gasteiger partial charge in [-0.25, -0.2) is 0 Å². The van der Waals surface area contributed by atoms with Crippen molar-refractivity contribution in [2.45, 2.75) is 67.2 Å². The zero-order chi connectivity index (χ0) is 39.6. The van der Waals surface area contributed by atoms with Crippen molar-refractivity contribution in [1.29, 1.82) is 0 Å². The molecule has 1 heterocycles.